The summed E-state index contributed by atoms with van der Waals surface area (Å²) in [5.74, 6) is -1.53. The number of alkyl halides is 6. The lowest BCUT2D eigenvalue weighted by Crippen LogP contribution is -2.10. The van der Waals surface area contributed by atoms with Crippen molar-refractivity contribution < 1.29 is 50.2 Å². The molecule has 0 saturated carbocycles. The van der Waals surface area contributed by atoms with E-state index in [1.165, 1.54) is 30.3 Å². The Morgan fingerprint density at radius 3 is 2.31 bits per heavy atom. The topological polar surface area (TPSA) is 81.8 Å². The fraction of sp³-hybridized carbons (Fsp3) is 0.267. The van der Waals surface area contributed by atoms with Crippen molar-refractivity contribution in [3.8, 4) is 33.9 Å². The van der Waals surface area contributed by atoms with Gasteiger partial charge in [0.2, 0.25) is 5.76 Å². The average molecular weight is 589 g/mol. The first-order valence-electron chi connectivity index (χ1n) is 12.9. The summed E-state index contributed by atoms with van der Waals surface area (Å²) < 4.78 is 97.3. The number of carboxylic acid groups (broad SMARTS) is 1. The Morgan fingerprint density at radius 2 is 1.64 bits per heavy atom. The van der Waals surface area contributed by atoms with Crippen LogP contribution in [0.15, 0.2) is 65.2 Å². The number of carboxylic acids is 1. The van der Waals surface area contributed by atoms with Gasteiger partial charge in [0.15, 0.2) is 0 Å². The molecule has 2 heterocycles. The number of halogens is 6. The van der Waals surface area contributed by atoms with Crippen molar-refractivity contribution in [1.29, 1.82) is 0 Å². The van der Waals surface area contributed by atoms with E-state index >= 15 is 0 Å². The lowest BCUT2D eigenvalue weighted by molar-refractivity contribution is -0.155. The van der Waals surface area contributed by atoms with E-state index in [1.54, 1.807) is 18.2 Å². The molecule has 1 N–H and O–H groups in total. The van der Waals surface area contributed by atoms with Crippen LogP contribution in [0.1, 0.15) is 52.9 Å². The summed E-state index contributed by atoms with van der Waals surface area (Å²) in [7, 11) is 0. The van der Waals surface area contributed by atoms with E-state index in [4.69, 9.17) is 14.6 Å². The standard InChI is InChI=1S/C30H21F6NO5/c31-29(32,33)22-9-7-20-21(28(22)16-3-1-15(2-4-16)23-13-26(42-37-23)30(34,35)36)8-10-24(20)41-18-5-6-19-17(11-27(38)39)14-40-25(19)12-18/h1-7,9,12-13,17,24H,8,10-11,14H2,(H,38,39)/t17-,24-/m1/s1. The number of aliphatic carboxylic acids is 1. The van der Waals surface area contributed by atoms with Gasteiger partial charge in [-0.05, 0) is 47.2 Å². The maximum absolute atomic E-state index is 14.1. The fourth-order valence-electron chi connectivity index (χ4n) is 5.58. The van der Waals surface area contributed by atoms with Gasteiger partial charge in [-0.25, -0.2) is 0 Å². The Hall–Kier alpha value is -4.48. The van der Waals surface area contributed by atoms with Crippen LogP contribution in [0, 0.1) is 0 Å². The van der Waals surface area contributed by atoms with Gasteiger partial charge in [0.05, 0.1) is 18.6 Å². The van der Waals surface area contributed by atoms with Crippen molar-refractivity contribution in [3.63, 3.8) is 0 Å². The molecule has 0 spiro atoms. The number of hydrogen-bond donors (Lipinski definition) is 1. The lowest BCUT2D eigenvalue weighted by Gasteiger charge is -2.20. The summed E-state index contributed by atoms with van der Waals surface area (Å²) in [5, 5.41) is 12.5. The van der Waals surface area contributed by atoms with Crippen LogP contribution >= 0.6 is 0 Å². The third-order valence-electron chi connectivity index (χ3n) is 7.48. The van der Waals surface area contributed by atoms with Gasteiger partial charge in [-0.3, -0.25) is 4.79 Å². The van der Waals surface area contributed by atoms with Gasteiger partial charge in [0.25, 0.3) is 0 Å². The van der Waals surface area contributed by atoms with E-state index in [2.05, 4.69) is 9.68 Å². The van der Waals surface area contributed by atoms with Gasteiger partial charge in [-0.15, -0.1) is 0 Å². The molecule has 0 radical (unpaired) electrons. The Bertz CT molecular complexity index is 1660. The molecule has 218 valence electrons. The van der Waals surface area contributed by atoms with Crippen molar-refractivity contribution in [2.75, 3.05) is 6.61 Å². The Balaban J connectivity index is 1.30. The van der Waals surface area contributed by atoms with Crippen molar-refractivity contribution in [2.45, 2.75) is 43.6 Å². The van der Waals surface area contributed by atoms with Crippen molar-refractivity contribution in [2.24, 2.45) is 0 Å². The second-order valence-electron chi connectivity index (χ2n) is 10.2. The van der Waals surface area contributed by atoms with Crippen LogP contribution in [0.4, 0.5) is 26.3 Å². The molecular weight excluding hydrogens is 568 g/mol. The van der Waals surface area contributed by atoms with Crippen LogP contribution in [0.2, 0.25) is 0 Å². The zero-order chi connectivity index (χ0) is 29.8. The molecule has 6 nitrogen and oxygen atoms in total. The first-order valence-corrected chi connectivity index (χ1v) is 12.9. The van der Waals surface area contributed by atoms with Gasteiger partial charge in [-0.2, -0.15) is 26.3 Å². The predicted molar refractivity (Wildman–Crippen MR) is 136 cm³/mol. The van der Waals surface area contributed by atoms with Crippen molar-refractivity contribution in [1.82, 2.24) is 5.16 Å². The highest BCUT2D eigenvalue weighted by atomic mass is 19.4. The molecule has 42 heavy (non-hydrogen) atoms. The van der Waals surface area contributed by atoms with E-state index < -0.39 is 35.7 Å². The molecule has 1 aliphatic carbocycles. The summed E-state index contributed by atoms with van der Waals surface area (Å²) in [6, 6.07) is 13.9. The molecule has 1 aliphatic heterocycles. The van der Waals surface area contributed by atoms with Crippen LogP contribution in [-0.2, 0) is 23.6 Å². The lowest BCUT2D eigenvalue weighted by atomic mass is 9.90. The average Bonchev–Trinajstić information content (AvgIpc) is 3.67. The molecular formula is C30H21F6NO5. The maximum Gasteiger partial charge on any atom is 0.452 e. The van der Waals surface area contributed by atoms with Crippen LogP contribution in [-0.4, -0.2) is 22.8 Å². The summed E-state index contributed by atoms with van der Waals surface area (Å²) >= 11 is 0. The highest BCUT2D eigenvalue weighted by molar-refractivity contribution is 5.76. The minimum absolute atomic E-state index is 0.0115. The van der Waals surface area contributed by atoms with Gasteiger partial charge < -0.3 is 19.1 Å². The summed E-state index contributed by atoms with van der Waals surface area (Å²) in [6.45, 7) is 0.236. The van der Waals surface area contributed by atoms with E-state index in [9.17, 15) is 31.1 Å². The second kappa shape index (κ2) is 10.1. The minimum Gasteiger partial charge on any atom is -0.492 e. The Kier molecular flexibility index (Phi) is 6.66. The number of carbonyl (C=O) groups is 1. The highest BCUT2D eigenvalue weighted by Crippen LogP contribution is 2.47. The van der Waals surface area contributed by atoms with E-state index in [1.807, 2.05) is 0 Å². The van der Waals surface area contributed by atoms with Crippen molar-refractivity contribution >= 4 is 5.97 Å². The highest BCUT2D eigenvalue weighted by Gasteiger charge is 2.39. The van der Waals surface area contributed by atoms with Gasteiger partial charge >= 0.3 is 18.3 Å². The largest absolute Gasteiger partial charge is 0.492 e. The molecule has 0 bridgehead atoms. The minimum atomic E-state index is -4.72. The van der Waals surface area contributed by atoms with Crippen LogP contribution in [0.5, 0.6) is 11.5 Å². The smallest absolute Gasteiger partial charge is 0.452 e. The van der Waals surface area contributed by atoms with E-state index in [0.29, 0.717) is 35.5 Å². The van der Waals surface area contributed by atoms with Gasteiger partial charge in [0, 0.05) is 29.2 Å². The SMILES string of the molecule is O=C(O)C[C@@H]1COc2cc(O[C@@H]3CCc4c3ccc(C(F)(F)F)c4-c3ccc(-c4cc(C(F)(F)F)on4)cc3)ccc21. The first-order chi connectivity index (χ1) is 19.9. The zero-order valence-electron chi connectivity index (χ0n) is 21.6. The molecule has 2 atom stereocenters. The number of aromatic nitrogens is 1. The summed E-state index contributed by atoms with van der Waals surface area (Å²) in [6.07, 6.45) is -9.25. The first kappa shape index (κ1) is 27.7. The number of nitrogens with zero attached hydrogens (tertiary/aromatic N) is 1. The predicted octanol–water partition coefficient (Wildman–Crippen LogP) is 8.06. The molecule has 4 aromatic rings. The Labute approximate surface area is 234 Å². The quantitative estimate of drug-likeness (QED) is 0.229. The van der Waals surface area contributed by atoms with Crippen molar-refractivity contribution in [3.05, 3.63) is 88.7 Å². The van der Waals surface area contributed by atoms with E-state index in [0.717, 1.165) is 17.7 Å². The third kappa shape index (κ3) is 5.17. The molecule has 0 fully saturated rings. The van der Waals surface area contributed by atoms with E-state index in [-0.39, 0.29) is 41.3 Å². The number of benzene rings is 3. The molecule has 3 aromatic carbocycles. The maximum atomic E-state index is 14.1. The molecule has 12 heteroatoms. The van der Waals surface area contributed by atoms with Crippen LogP contribution < -0.4 is 9.47 Å². The number of hydrogen-bond acceptors (Lipinski definition) is 5. The normalized spacial score (nSPS) is 18.0. The molecule has 6 rings (SSSR count). The van der Waals surface area contributed by atoms with Crippen LogP contribution in [0.25, 0.3) is 22.4 Å². The summed E-state index contributed by atoms with van der Waals surface area (Å²) in [4.78, 5) is 11.1. The summed E-state index contributed by atoms with van der Waals surface area (Å²) in [5.41, 5.74) is 1.40. The monoisotopic (exact) mass is 589 g/mol. The molecule has 0 saturated heterocycles. The molecule has 0 unspecified atom stereocenters. The third-order valence-corrected chi connectivity index (χ3v) is 7.48. The molecule has 0 amide bonds. The van der Waals surface area contributed by atoms with Gasteiger partial charge in [-0.1, -0.05) is 41.6 Å². The Morgan fingerprint density at radius 1 is 0.929 bits per heavy atom. The number of rotatable bonds is 6. The zero-order valence-corrected chi connectivity index (χ0v) is 21.6. The molecule has 2 aliphatic rings. The van der Waals surface area contributed by atoms with Crippen LogP contribution in [0.3, 0.4) is 0 Å². The fourth-order valence-corrected chi connectivity index (χ4v) is 5.58. The molecule has 1 aromatic heterocycles. The second-order valence-corrected chi connectivity index (χ2v) is 10.2. The number of ether oxygens (including phenoxy) is 2. The van der Waals surface area contributed by atoms with Gasteiger partial charge in [0.1, 0.15) is 23.3 Å². The number of fused-ring (bicyclic) bond motifs is 2.